The third-order valence-corrected chi connectivity index (χ3v) is 14.8. The summed E-state index contributed by atoms with van der Waals surface area (Å²) in [6.07, 6.45) is 0. The molecule has 0 amide bonds. The van der Waals surface area contributed by atoms with Crippen molar-refractivity contribution in [1.82, 2.24) is 0 Å². The minimum atomic E-state index is -0.577. The molecule has 2 aliphatic rings. The smallest absolute Gasteiger partial charge is 0.0742 e. The summed E-state index contributed by atoms with van der Waals surface area (Å²) in [6.45, 7) is 0. The highest BCUT2D eigenvalue weighted by atomic mass is 15.2. The molecule has 0 spiro atoms. The minimum Gasteiger partial charge on any atom is -0.310 e. The average Bonchev–Trinajstić information content (AvgIpc) is 3.74. The molecule has 13 rings (SSSR count). The normalized spacial score (nSPS) is 13.6. The Balaban J connectivity index is 1.01. The first-order valence-electron chi connectivity index (χ1n) is 24.3. The largest absolute Gasteiger partial charge is 0.310 e. The standard InChI is InChI=1S/C68H48N2/c1-7-25-51(26-8-1)67(52-27-9-2-10-28-52)61-39-20-19-38-59(61)60-44-43-58(48-64(60)67)69(55-33-15-5-16-34-55)57-37-23-24-49(46-57)50-42-45-63-66(47-50)70(56-35-17-6-18-36-56)65-41-22-21-40-62(65)68(63,53-29-11-3-12-30-53)54-31-13-4-14-32-54/h1-48H. The molecule has 1 aliphatic heterocycles. The van der Waals surface area contributed by atoms with Crippen LogP contribution in [-0.2, 0) is 10.8 Å². The fourth-order valence-electron chi connectivity index (χ4n) is 11.9. The molecule has 0 atom stereocenters. The molecule has 0 fully saturated rings. The van der Waals surface area contributed by atoms with E-state index in [4.69, 9.17) is 0 Å². The van der Waals surface area contributed by atoms with Gasteiger partial charge in [-0.05, 0) is 127 Å². The monoisotopic (exact) mass is 892 g/mol. The van der Waals surface area contributed by atoms with Gasteiger partial charge in [0.25, 0.3) is 0 Å². The van der Waals surface area contributed by atoms with Gasteiger partial charge in [0.05, 0.1) is 22.2 Å². The molecular weight excluding hydrogens is 845 g/mol. The Morgan fingerprint density at radius 2 is 0.700 bits per heavy atom. The summed E-state index contributed by atoms with van der Waals surface area (Å²) < 4.78 is 0. The Morgan fingerprint density at radius 1 is 0.257 bits per heavy atom. The maximum absolute atomic E-state index is 2.46. The summed E-state index contributed by atoms with van der Waals surface area (Å²) in [4.78, 5) is 4.89. The van der Waals surface area contributed by atoms with Gasteiger partial charge in [-0.1, -0.05) is 231 Å². The van der Waals surface area contributed by atoms with Crippen LogP contribution in [0.5, 0.6) is 0 Å². The summed E-state index contributed by atoms with van der Waals surface area (Å²) >= 11 is 0. The molecule has 11 aromatic rings. The molecule has 2 heteroatoms. The Kier molecular flexibility index (Phi) is 9.99. The summed E-state index contributed by atoms with van der Waals surface area (Å²) in [5.41, 5.74) is 20.4. The lowest BCUT2D eigenvalue weighted by atomic mass is 9.62. The van der Waals surface area contributed by atoms with E-state index in [0.717, 1.165) is 45.3 Å². The number of hydrogen-bond donors (Lipinski definition) is 0. The predicted octanol–water partition coefficient (Wildman–Crippen LogP) is 17.4. The van der Waals surface area contributed by atoms with E-state index < -0.39 is 10.8 Å². The number of fused-ring (bicyclic) bond motifs is 5. The number of nitrogens with zero attached hydrogens (tertiary/aromatic N) is 2. The summed E-state index contributed by atoms with van der Waals surface area (Å²) in [5, 5.41) is 0. The van der Waals surface area contributed by atoms with E-state index in [1.54, 1.807) is 0 Å². The minimum absolute atomic E-state index is 0.518. The second-order valence-electron chi connectivity index (χ2n) is 18.4. The maximum Gasteiger partial charge on any atom is 0.0742 e. The molecule has 11 aromatic carbocycles. The maximum atomic E-state index is 2.46. The lowest BCUT2D eigenvalue weighted by molar-refractivity contribution is 0.731. The predicted molar refractivity (Wildman–Crippen MR) is 290 cm³/mol. The topological polar surface area (TPSA) is 6.48 Å². The molecule has 0 bridgehead atoms. The zero-order valence-electron chi connectivity index (χ0n) is 38.6. The van der Waals surface area contributed by atoms with E-state index in [0.29, 0.717) is 0 Å². The zero-order chi connectivity index (χ0) is 46.5. The molecule has 0 saturated heterocycles. The third-order valence-electron chi connectivity index (χ3n) is 14.8. The number of para-hydroxylation sites is 3. The highest BCUT2D eigenvalue weighted by Gasteiger charge is 2.48. The van der Waals surface area contributed by atoms with Crippen molar-refractivity contribution in [3.8, 4) is 22.3 Å². The molecule has 70 heavy (non-hydrogen) atoms. The lowest BCUT2D eigenvalue weighted by Crippen LogP contribution is -2.37. The van der Waals surface area contributed by atoms with Crippen molar-refractivity contribution >= 4 is 34.1 Å². The van der Waals surface area contributed by atoms with E-state index in [9.17, 15) is 0 Å². The van der Waals surface area contributed by atoms with Crippen LogP contribution < -0.4 is 9.80 Å². The molecule has 1 aliphatic carbocycles. The van der Waals surface area contributed by atoms with Crippen LogP contribution in [0.3, 0.4) is 0 Å². The van der Waals surface area contributed by atoms with Gasteiger partial charge < -0.3 is 9.80 Å². The third kappa shape index (κ3) is 6.34. The van der Waals surface area contributed by atoms with Crippen LogP contribution in [0.1, 0.15) is 44.5 Å². The first-order valence-corrected chi connectivity index (χ1v) is 24.3. The molecule has 0 aromatic heterocycles. The van der Waals surface area contributed by atoms with Crippen LogP contribution in [0, 0.1) is 0 Å². The van der Waals surface area contributed by atoms with Crippen LogP contribution in [0.2, 0.25) is 0 Å². The van der Waals surface area contributed by atoms with E-state index >= 15 is 0 Å². The van der Waals surface area contributed by atoms with Gasteiger partial charge in [-0.3, -0.25) is 0 Å². The van der Waals surface area contributed by atoms with Crippen molar-refractivity contribution in [3.05, 3.63) is 336 Å². The summed E-state index contributed by atoms with van der Waals surface area (Å²) in [7, 11) is 0. The van der Waals surface area contributed by atoms with Crippen molar-refractivity contribution in [3.63, 3.8) is 0 Å². The number of hydrogen-bond acceptors (Lipinski definition) is 2. The van der Waals surface area contributed by atoms with Crippen molar-refractivity contribution in [2.75, 3.05) is 9.80 Å². The first kappa shape index (κ1) is 41.2. The Morgan fingerprint density at radius 3 is 1.31 bits per heavy atom. The molecular formula is C68H48N2. The highest BCUT2D eigenvalue weighted by molar-refractivity contribution is 5.93. The van der Waals surface area contributed by atoms with Gasteiger partial charge in [-0.2, -0.15) is 0 Å². The van der Waals surface area contributed by atoms with Gasteiger partial charge in [0.2, 0.25) is 0 Å². The van der Waals surface area contributed by atoms with Gasteiger partial charge in [-0.15, -0.1) is 0 Å². The van der Waals surface area contributed by atoms with Crippen LogP contribution in [0.15, 0.2) is 291 Å². The van der Waals surface area contributed by atoms with Gasteiger partial charge in [0.15, 0.2) is 0 Å². The highest BCUT2D eigenvalue weighted by Crippen LogP contribution is 2.59. The van der Waals surface area contributed by atoms with E-state index in [1.165, 1.54) is 55.6 Å². The molecule has 330 valence electrons. The van der Waals surface area contributed by atoms with Crippen LogP contribution in [0.25, 0.3) is 22.3 Å². The zero-order valence-corrected chi connectivity index (χ0v) is 38.6. The van der Waals surface area contributed by atoms with Crippen LogP contribution in [-0.4, -0.2) is 0 Å². The van der Waals surface area contributed by atoms with Crippen molar-refractivity contribution in [2.24, 2.45) is 0 Å². The molecule has 1 heterocycles. The van der Waals surface area contributed by atoms with Crippen LogP contribution in [0.4, 0.5) is 34.1 Å². The Hall–Kier alpha value is -8.98. The molecule has 0 radical (unpaired) electrons. The average molecular weight is 893 g/mol. The lowest BCUT2D eigenvalue weighted by Gasteiger charge is -2.46. The quantitative estimate of drug-likeness (QED) is 0.142. The van der Waals surface area contributed by atoms with E-state index in [1.807, 2.05) is 0 Å². The number of anilines is 6. The molecule has 2 nitrogen and oxygen atoms in total. The second-order valence-corrected chi connectivity index (χ2v) is 18.4. The molecule has 0 saturated carbocycles. The Labute approximate surface area is 410 Å². The second kappa shape index (κ2) is 17.0. The Bertz CT molecular complexity index is 3570. The summed E-state index contributed by atoms with van der Waals surface area (Å²) in [6, 6.07) is 107. The number of benzene rings is 11. The fourth-order valence-corrected chi connectivity index (χ4v) is 11.9. The van der Waals surface area contributed by atoms with Crippen molar-refractivity contribution < 1.29 is 0 Å². The summed E-state index contributed by atoms with van der Waals surface area (Å²) in [5.74, 6) is 0. The molecule has 0 unspecified atom stereocenters. The first-order chi connectivity index (χ1) is 34.7. The van der Waals surface area contributed by atoms with Gasteiger partial charge in [-0.25, -0.2) is 0 Å². The van der Waals surface area contributed by atoms with Gasteiger partial charge in [0.1, 0.15) is 0 Å². The van der Waals surface area contributed by atoms with Gasteiger partial charge in [0, 0.05) is 22.7 Å². The number of rotatable bonds is 9. The van der Waals surface area contributed by atoms with Crippen LogP contribution >= 0.6 is 0 Å². The van der Waals surface area contributed by atoms with Crippen molar-refractivity contribution in [2.45, 2.75) is 10.8 Å². The fraction of sp³-hybridized carbons (Fsp3) is 0.0294. The molecule has 0 N–H and O–H groups in total. The van der Waals surface area contributed by atoms with Gasteiger partial charge >= 0.3 is 0 Å². The van der Waals surface area contributed by atoms with E-state index in [-0.39, 0.29) is 0 Å². The van der Waals surface area contributed by atoms with E-state index in [2.05, 4.69) is 301 Å². The SMILES string of the molecule is c1ccc(N(c2cccc(-c3ccc4c(c3)N(c3ccccc3)c3ccccc3C4(c3ccccc3)c3ccccc3)c2)c2ccc3c(c2)C(c2ccccc2)(c2ccccc2)c2ccccc2-3)cc1. The van der Waals surface area contributed by atoms with Crippen molar-refractivity contribution in [1.29, 1.82) is 0 Å².